The van der Waals surface area contributed by atoms with Gasteiger partial charge in [0.15, 0.2) is 5.03 Å². The SMILES string of the molecule is CC[C@H](C)n1cnc(S(=O)(=O)N[C@H]2CCCC[C@H]2CN)c1. The number of sulfonamides is 1. The second-order valence-corrected chi connectivity index (χ2v) is 7.59. The van der Waals surface area contributed by atoms with Crippen molar-refractivity contribution in [3.05, 3.63) is 12.5 Å². The molecule has 1 aromatic rings. The maximum atomic E-state index is 12.5. The molecule has 2 rings (SSSR count). The Hall–Kier alpha value is -0.920. The van der Waals surface area contributed by atoms with Gasteiger partial charge in [-0.15, -0.1) is 0 Å². The van der Waals surface area contributed by atoms with Gasteiger partial charge in [-0.2, -0.15) is 0 Å². The largest absolute Gasteiger partial charge is 0.333 e. The van der Waals surface area contributed by atoms with Crippen LogP contribution in [-0.2, 0) is 10.0 Å². The van der Waals surface area contributed by atoms with E-state index in [0.29, 0.717) is 6.54 Å². The van der Waals surface area contributed by atoms with Crippen LogP contribution < -0.4 is 10.5 Å². The van der Waals surface area contributed by atoms with Gasteiger partial charge in [0.05, 0.1) is 6.33 Å². The Morgan fingerprint density at radius 1 is 1.48 bits per heavy atom. The van der Waals surface area contributed by atoms with E-state index in [1.807, 2.05) is 11.5 Å². The zero-order valence-corrected chi connectivity index (χ0v) is 13.6. The van der Waals surface area contributed by atoms with E-state index in [0.717, 1.165) is 32.1 Å². The molecule has 1 aliphatic carbocycles. The summed E-state index contributed by atoms with van der Waals surface area (Å²) in [5.74, 6) is 0.227. The molecule has 1 fully saturated rings. The first-order chi connectivity index (χ1) is 9.97. The predicted molar refractivity (Wildman–Crippen MR) is 82.4 cm³/mol. The molecule has 0 aromatic carbocycles. The molecule has 1 aliphatic rings. The van der Waals surface area contributed by atoms with Crippen LogP contribution in [-0.4, -0.2) is 30.6 Å². The van der Waals surface area contributed by atoms with Crippen molar-refractivity contribution < 1.29 is 8.42 Å². The molecule has 0 bridgehead atoms. The summed E-state index contributed by atoms with van der Waals surface area (Å²) in [5.41, 5.74) is 5.76. The van der Waals surface area contributed by atoms with Gasteiger partial charge in [-0.3, -0.25) is 0 Å². The van der Waals surface area contributed by atoms with Gasteiger partial charge in [-0.25, -0.2) is 18.1 Å². The Labute approximate surface area is 127 Å². The van der Waals surface area contributed by atoms with Crippen molar-refractivity contribution in [1.82, 2.24) is 14.3 Å². The fourth-order valence-corrected chi connectivity index (χ4v) is 4.09. The molecule has 1 aromatic heterocycles. The topological polar surface area (TPSA) is 90.0 Å². The number of nitrogens with one attached hydrogen (secondary N) is 1. The summed E-state index contributed by atoms with van der Waals surface area (Å²) in [7, 11) is -3.56. The van der Waals surface area contributed by atoms with Crippen LogP contribution in [0.3, 0.4) is 0 Å². The summed E-state index contributed by atoms with van der Waals surface area (Å²) < 4.78 is 29.6. The Kier molecular flexibility index (Phi) is 5.40. The maximum absolute atomic E-state index is 12.5. The quantitative estimate of drug-likeness (QED) is 0.835. The van der Waals surface area contributed by atoms with E-state index in [1.54, 1.807) is 12.5 Å². The van der Waals surface area contributed by atoms with Crippen LogP contribution in [0.4, 0.5) is 0 Å². The molecular formula is C14H26N4O2S. The summed E-state index contributed by atoms with van der Waals surface area (Å²) in [4.78, 5) is 4.05. The number of aromatic nitrogens is 2. The highest BCUT2D eigenvalue weighted by molar-refractivity contribution is 7.89. The van der Waals surface area contributed by atoms with Crippen LogP contribution in [0.2, 0.25) is 0 Å². The van der Waals surface area contributed by atoms with Gasteiger partial charge in [0.1, 0.15) is 0 Å². The zero-order valence-electron chi connectivity index (χ0n) is 12.8. The van der Waals surface area contributed by atoms with E-state index in [4.69, 9.17) is 5.73 Å². The smallest absolute Gasteiger partial charge is 0.259 e. The molecule has 1 heterocycles. The molecule has 6 nitrogen and oxygen atoms in total. The molecule has 0 unspecified atom stereocenters. The van der Waals surface area contributed by atoms with Gasteiger partial charge >= 0.3 is 0 Å². The first-order valence-corrected chi connectivity index (χ1v) is 9.22. The molecule has 0 aliphatic heterocycles. The van der Waals surface area contributed by atoms with Gasteiger partial charge in [0.25, 0.3) is 10.0 Å². The maximum Gasteiger partial charge on any atom is 0.259 e. The predicted octanol–water partition coefficient (Wildman–Crippen LogP) is 1.65. The van der Waals surface area contributed by atoms with Crippen molar-refractivity contribution in [2.24, 2.45) is 11.7 Å². The average Bonchev–Trinajstić information content (AvgIpc) is 2.97. The Morgan fingerprint density at radius 3 is 2.86 bits per heavy atom. The summed E-state index contributed by atoms with van der Waals surface area (Å²) >= 11 is 0. The standard InChI is InChI=1S/C14H26N4O2S/c1-3-11(2)18-9-14(16-10-18)21(19,20)17-13-7-5-4-6-12(13)8-15/h9-13,17H,3-8,15H2,1-2H3/t11-,12-,13-/m0/s1. The van der Waals surface area contributed by atoms with Gasteiger partial charge in [0, 0.05) is 18.3 Å². The summed E-state index contributed by atoms with van der Waals surface area (Å²) in [6.07, 6.45) is 8.15. The lowest BCUT2D eigenvalue weighted by Gasteiger charge is -2.30. The van der Waals surface area contributed by atoms with E-state index in [9.17, 15) is 8.42 Å². The number of rotatable bonds is 6. The second kappa shape index (κ2) is 6.89. The first-order valence-electron chi connectivity index (χ1n) is 7.73. The highest BCUT2D eigenvalue weighted by Crippen LogP contribution is 2.25. The van der Waals surface area contributed by atoms with Crippen LogP contribution in [0.5, 0.6) is 0 Å². The number of hydrogen-bond acceptors (Lipinski definition) is 4. The third-order valence-corrected chi connectivity index (χ3v) is 5.85. The minimum atomic E-state index is -3.56. The lowest BCUT2D eigenvalue weighted by molar-refractivity contribution is 0.296. The van der Waals surface area contributed by atoms with Crippen LogP contribution in [0, 0.1) is 5.92 Å². The van der Waals surface area contributed by atoms with Crippen LogP contribution >= 0.6 is 0 Å². The molecule has 3 N–H and O–H groups in total. The molecule has 1 saturated carbocycles. The Morgan fingerprint density at radius 2 is 2.19 bits per heavy atom. The fourth-order valence-electron chi connectivity index (χ4n) is 2.81. The van der Waals surface area contributed by atoms with Crippen LogP contribution in [0.25, 0.3) is 0 Å². The number of hydrogen-bond donors (Lipinski definition) is 2. The first kappa shape index (κ1) is 16.5. The van der Waals surface area contributed by atoms with Crippen molar-refractivity contribution in [2.45, 2.75) is 63.1 Å². The molecule has 21 heavy (non-hydrogen) atoms. The third-order valence-electron chi connectivity index (χ3n) is 4.47. The minimum Gasteiger partial charge on any atom is -0.333 e. The Bertz CT molecular complexity index is 555. The van der Waals surface area contributed by atoms with E-state index in [-0.39, 0.29) is 23.0 Å². The van der Waals surface area contributed by atoms with Crippen LogP contribution in [0.15, 0.2) is 17.6 Å². The molecule has 0 saturated heterocycles. The minimum absolute atomic E-state index is 0.0671. The number of nitrogens with zero attached hydrogens (tertiary/aromatic N) is 2. The van der Waals surface area contributed by atoms with E-state index >= 15 is 0 Å². The summed E-state index contributed by atoms with van der Waals surface area (Å²) in [5, 5.41) is 0.101. The van der Waals surface area contributed by atoms with Crippen molar-refractivity contribution in [1.29, 1.82) is 0 Å². The molecule has 3 atom stereocenters. The lowest BCUT2D eigenvalue weighted by atomic mass is 9.85. The summed E-state index contributed by atoms with van der Waals surface area (Å²) in [6.45, 7) is 4.62. The molecule has 120 valence electrons. The van der Waals surface area contributed by atoms with Crippen molar-refractivity contribution in [2.75, 3.05) is 6.54 Å². The highest BCUT2D eigenvalue weighted by atomic mass is 32.2. The molecule has 0 radical (unpaired) electrons. The number of imidazole rings is 1. The van der Waals surface area contributed by atoms with E-state index < -0.39 is 10.0 Å². The molecule has 0 amide bonds. The average molecular weight is 314 g/mol. The number of nitrogens with two attached hydrogens (primary N) is 1. The molecule has 0 spiro atoms. The fraction of sp³-hybridized carbons (Fsp3) is 0.786. The normalized spacial score (nSPS) is 24.9. The monoisotopic (exact) mass is 314 g/mol. The van der Waals surface area contributed by atoms with E-state index in [1.165, 1.54) is 0 Å². The van der Waals surface area contributed by atoms with Gasteiger partial charge < -0.3 is 10.3 Å². The Balaban J connectivity index is 2.12. The van der Waals surface area contributed by atoms with Gasteiger partial charge in [0.2, 0.25) is 0 Å². The lowest BCUT2D eigenvalue weighted by Crippen LogP contribution is -2.44. The summed E-state index contributed by atoms with van der Waals surface area (Å²) in [6, 6.07) is 0.176. The van der Waals surface area contributed by atoms with Crippen molar-refractivity contribution in [3.63, 3.8) is 0 Å². The van der Waals surface area contributed by atoms with Crippen molar-refractivity contribution in [3.8, 4) is 0 Å². The van der Waals surface area contributed by atoms with Crippen molar-refractivity contribution >= 4 is 10.0 Å². The highest BCUT2D eigenvalue weighted by Gasteiger charge is 2.29. The third kappa shape index (κ3) is 3.84. The molecular weight excluding hydrogens is 288 g/mol. The van der Waals surface area contributed by atoms with Crippen LogP contribution in [0.1, 0.15) is 52.0 Å². The van der Waals surface area contributed by atoms with E-state index in [2.05, 4.69) is 16.6 Å². The molecule has 7 heteroatoms. The second-order valence-electron chi connectivity index (χ2n) is 5.92. The van der Waals surface area contributed by atoms with Gasteiger partial charge in [-0.05, 0) is 38.6 Å². The zero-order chi connectivity index (χ0) is 15.5. The van der Waals surface area contributed by atoms with Gasteiger partial charge in [-0.1, -0.05) is 19.8 Å².